The van der Waals surface area contributed by atoms with Gasteiger partial charge in [-0.15, -0.1) is 0 Å². The molecule has 0 bridgehead atoms. The molecule has 21 heavy (non-hydrogen) atoms. The lowest BCUT2D eigenvalue weighted by Crippen LogP contribution is -2.12. The maximum absolute atomic E-state index is 6.09. The molecule has 0 unspecified atom stereocenters. The van der Waals surface area contributed by atoms with Crippen molar-refractivity contribution in [1.29, 1.82) is 0 Å². The van der Waals surface area contributed by atoms with Crippen molar-refractivity contribution < 1.29 is 9.47 Å². The summed E-state index contributed by atoms with van der Waals surface area (Å²) in [7, 11) is 1.67. The number of anilines is 1. The molecule has 0 aliphatic heterocycles. The van der Waals surface area contributed by atoms with Crippen LogP contribution >= 0.6 is 0 Å². The fraction of sp³-hybridized carbons (Fsp3) is 0.438. The van der Waals surface area contributed by atoms with Crippen LogP contribution in [0.2, 0.25) is 0 Å². The topological polar surface area (TPSA) is 59.2 Å². The third kappa shape index (κ3) is 3.48. The zero-order valence-corrected chi connectivity index (χ0v) is 12.2. The molecule has 1 aliphatic rings. The van der Waals surface area contributed by atoms with Crippen molar-refractivity contribution >= 4 is 5.82 Å². The number of nitrogens with zero attached hydrogens (tertiary/aromatic N) is 1. The van der Waals surface area contributed by atoms with E-state index in [2.05, 4.69) is 21.6 Å². The van der Waals surface area contributed by atoms with Crippen LogP contribution in [0.15, 0.2) is 24.4 Å². The average molecular weight is 286 g/mol. The molecule has 1 aliphatic carbocycles. The van der Waals surface area contributed by atoms with E-state index in [0.717, 1.165) is 29.9 Å². The van der Waals surface area contributed by atoms with Gasteiger partial charge in [-0.1, -0.05) is 6.07 Å². The highest BCUT2D eigenvalue weighted by molar-refractivity contribution is 5.44. The maximum atomic E-state index is 6.09. The molecule has 1 fully saturated rings. The molecule has 5 nitrogen and oxygen atoms in total. The Morgan fingerprint density at radius 2 is 2.19 bits per heavy atom. The number of aromatic nitrogens is 2. The summed E-state index contributed by atoms with van der Waals surface area (Å²) in [6, 6.07) is 8.99. The highest BCUT2D eigenvalue weighted by atomic mass is 16.5. The van der Waals surface area contributed by atoms with E-state index in [-0.39, 0.29) is 0 Å². The molecule has 0 atom stereocenters. The molecular weight excluding hydrogens is 266 g/mol. The summed E-state index contributed by atoms with van der Waals surface area (Å²) in [5.74, 6) is 2.33. The van der Waals surface area contributed by atoms with E-state index in [0.29, 0.717) is 18.5 Å². The van der Waals surface area contributed by atoms with E-state index < -0.39 is 0 Å². The largest absolute Gasteiger partial charge is 0.493 e. The first kappa shape index (κ1) is 13.8. The Bertz CT molecular complexity index is 563. The molecule has 2 N–H and O–H groups in total. The highest BCUT2D eigenvalue weighted by Crippen LogP contribution is 2.32. The van der Waals surface area contributed by atoms with E-state index in [1.165, 1.54) is 12.8 Å². The Labute approximate surface area is 124 Å². The fourth-order valence-corrected chi connectivity index (χ4v) is 2.62. The molecule has 0 amide bonds. The monoisotopic (exact) mass is 286 g/mol. The smallest absolute Gasteiger partial charge is 0.161 e. The molecule has 1 saturated carbocycles. The van der Waals surface area contributed by atoms with Crippen LogP contribution in [0.4, 0.5) is 5.82 Å². The van der Waals surface area contributed by atoms with Crippen LogP contribution in [0, 0.1) is 6.07 Å². The number of methoxy groups -OCH3 is 1. The predicted octanol–water partition coefficient (Wildman–Crippen LogP) is 3.15. The summed E-state index contributed by atoms with van der Waals surface area (Å²) in [4.78, 5) is 0. The average Bonchev–Trinajstić information content (AvgIpc) is 3.18. The lowest BCUT2D eigenvalue weighted by Gasteiger charge is -2.17. The summed E-state index contributed by atoms with van der Waals surface area (Å²) in [6.45, 7) is 0.673. The number of hydrogen-bond acceptors (Lipinski definition) is 4. The van der Waals surface area contributed by atoms with E-state index in [1.54, 1.807) is 13.3 Å². The second-order valence-corrected chi connectivity index (χ2v) is 5.24. The van der Waals surface area contributed by atoms with Crippen LogP contribution in [0.5, 0.6) is 11.5 Å². The summed E-state index contributed by atoms with van der Waals surface area (Å²) in [5.41, 5.74) is 1.13. The molecule has 1 radical (unpaired) electrons. The van der Waals surface area contributed by atoms with Gasteiger partial charge in [-0.3, -0.25) is 5.10 Å². The first-order chi connectivity index (χ1) is 10.3. The molecule has 5 heteroatoms. The van der Waals surface area contributed by atoms with Gasteiger partial charge in [0.25, 0.3) is 0 Å². The Kier molecular flexibility index (Phi) is 4.28. The third-order valence-electron chi connectivity index (χ3n) is 3.73. The number of nitrogens with one attached hydrogen (secondary N) is 2. The summed E-state index contributed by atoms with van der Waals surface area (Å²) >= 11 is 0. The lowest BCUT2D eigenvalue weighted by molar-refractivity contribution is 0.200. The second kappa shape index (κ2) is 6.52. The lowest BCUT2D eigenvalue weighted by atomic mass is 10.2. The molecule has 0 saturated heterocycles. The SMILES string of the molecule is COc1ccc(CNc2[c]c[nH]n2)cc1OC1CCCC1. The van der Waals surface area contributed by atoms with Crippen LogP contribution in [-0.4, -0.2) is 23.4 Å². The van der Waals surface area contributed by atoms with Crippen molar-refractivity contribution in [1.82, 2.24) is 10.2 Å². The van der Waals surface area contributed by atoms with E-state index >= 15 is 0 Å². The van der Waals surface area contributed by atoms with Gasteiger partial charge in [-0.2, -0.15) is 5.10 Å². The molecule has 2 aromatic rings. The van der Waals surface area contributed by atoms with Gasteiger partial charge in [0.15, 0.2) is 17.3 Å². The summed E-state index contributed by atoms with van der Waals surface area (Å²) < 4.78 is 11.5. The zero-order valence-electron chi connectivity index (χ0n) is 12.2. The first-order valence-corrected chi connectivity index (χ1v) is 7.34. The van der Waals surface area contributed by atoms with Crippen LogP contribution in [0.25, 0.3) is 0 Å². The maximum Gasteiger partial charge on any atom is 0.161 e. The molecule has 1 aromatic carbocycles. The van der Waals surface area contributed by atoms with Crippen molar-refractivity contribution in [3.8, 4) is 11.5 Å². The standard InChI is InChI=1S/C16H20N3O2/c1-20-14-7-6-12(11-17-16-8-9-18-19-16)10-15(14)21-13-4-2-3-5-13/h6-7,9-10,13H,2-5,11H2,1H3,(H2,17,18,19). The minimum atomic E-state index is 0.321. The predicted molar refractivity (Wildman–Crippen MR) is 80.6 cm³/mol. The fourth-order valence-electron chi connectivity index (χ4n) is 2.62. The van der Waals surface area contributed by atoms with Crippen LogP contribution in [0.3, 0.4) is 0 Å². The molecule has 1 heterocycles. The first-order valence-electron chi connectivity index (χ1n) is 7.34. The Hall–Kier alpha value is -2.17. The number of rotatable bonds is 6. The molecule has 0 spiro atoms. The molecular formula is C16H20N3O2. The van der Waals surface area contributed by atoms with Crippen LogP contribution in [0.1, 0.15) is 31.2 Å². The number of H-pyrrole nitrogens is 1. The summed E-state index contributed by atoms with van der Waals surface area (Å²) in [5, 5.41) is 9.96. The van der Waals surface area contributed by atoms with Gasteiger partial charge in [0.2, 0.25) is 0 Å². The van der Waals surface area contributed by atoms with Crippen molar-refractivity contribution in [3.05, 3.63) is 36.0 Å². The third-order valence-corrected chi connectivity index (χ3v) is 3.73. The highest BCUT2D eigenvalue weighted by Gasteiger charge is 2.18. The van der Waals surface area contributed by atoms with Gasteiger partial charge in [-0.25, -0.2) is 0 Å². The summed E-state index contributed by atoms with van der Waals surface area (Å²) in [6.07, 6.45) is 6.76. The number of ether oxygens (including phenoxy) is 2. The van der Waals surface area contributed by atoms with Gasteiger partial charge in [0.1, 0.15) is 0 Å². The van der Waals surface area contributed by atoms with Gasteiger partial charge >= 0.3 is 0 Å². The van der Waals surface area contributed by atoms with Crippen LogP contribution < -0.4 is 14.8 Å². The normalized spacial score (nSPS) is 15.1. The molecule has 1 aromatic heterocycles. The number of hydrogen-bond donors (Lipinski definition) is 2. The Balaban J connectivity index is 1.69. The Morgan fingerprint density at radius 1 is 1.33 bits per heavy atom. The Morgan fingerprint density at radius 3 is 2.90 bits per heavy atom. The van der Waals surface area contributed by atoms with Crippen molar-refractivity contribution in [3.63, 3.8) is 0 Å². The number of aromatic amines is 1. The van der Waals surface area contributed by atoms with Crippen LogP contribution in [-0.2, 0) is 6.54 Å². The van der Waals surface area contributed by atoms with Crippen molar-refractivity contribution in [2.75, 3.05) is 12.4 Å². The van der Waals surface area contributed by atoms with Gasteiger partial charge in [-0.05, 0) is 43.4 Å². The van der Waals surface area contributed by atoms with Gasteiger partial charge < -0.3 is 14.8 Å². The minimum Gasteiger partial charge on any atom is -0.493 e. The van der Waals surface area contributed by atoms with Crippen molar-refractivity contribution in [2.24, 2.45) is 0 Å². The zero-order chi connectivity index (χ0) is 14.5. The molecule has 111 valence electrons. The van der Waals surface area contributed by atoms with Crippen molar-refractivity contribution in [2.45, 2.75) is 38.3 Å². The number of benzene rings is 1. The van der Waals surface area contributed by atoms with Gasteiger partial charge in [0, 0.05) is 18.8 Å². The quantitative estimate of drug-likeness (QED) is 0.856. The van der Waals surface area contributed by atoms with Gasteiger partial charge in [0.05, 0.1) is 13.2 Å². The second-order valence-electron chi connectivity index (χ2n) is 5.24. The van der Waals surface area contributed by atoms with E-state index in [1.807, 2.05) is 18.2 Å². The molecule has 3 rings (SSSR count). The van der Waals surface area contributed by atoms with E-state index in [9.17, 15) is 0 Å². The van der Waals surface area contributed by atoms with E-state index in [4.69, 9.17) is 9.47 Å². The minimum absolute atomic E-state index is 0.321.